The summed E-state index contributed by atoms with van der Waals surface area (Å²) in [5.74, 6) is 2.85. The second kappa shape index (κ2) is 6.57. The molecule has 26 heavy (non-hydrogen) atoms. The molecule has 0 unspecified atom stereocenters. The van der Waals surface area contributed by atoms with Crippen LogP contribution in [0.5, 0.6) is 0 Å². The van der Waals surface area contributed by atoms with E-state index in [4.69, 9.17) is 4.43 Å². The fourth-order valence-corrected chi connectivity index (χ4v) is 8.33. The van der Waals surface area contributed by atoms with Gasteiger partial charge in [0.2, 0.25) is 0 Å². The van der Waals surface area contributed by atoms with Crippen LogP contribution >= 0.6 is 0 Å². The van der Waals surface area contributed by atoms with E-state index in [9.17, 15) is 10.2 Å². The summed E-state index contributed by atoms with van der Waals surface area (Å²) < 4.78 is 6.58. The first kappa shape index (κ1) is 19.4. The molecule has 4 rings (SSSR count). The molecule has 0 aromatic carbocycles. The zero-order valence-corrected chi connectivity index (χ0v) is 18.3. The molecular weight excluding hydrogens is 340 g/mol. The molecule has 4 saturated carbocycles. The third-order valence-corrected chi connectivity index (χ3v) is 10.1. The maximum absolute atomic E-state index is 10.7. The van der Waals surface area contributed by atoms with Crippen molar-refractivity contribution in [1.82, 2.24) is 0 Å². The summed E-state index contributed by atoms with van der Waals surface area (Å²) in [6.45, 7) is 10.2. The van der Waals surface area contributed by atoms with Crippen molar-refractivity contribution in [3.05, 3.63) is 0 Å². The molecule has 0 radical (unpaired) electrons. The first-order chi connectivity index (χ1) is 12.2. The maximum Gasteiger partial charge on any atom is 0.183 e. The van der Waals surface area contributed by atoms with Gasteiger partial charge in [0.1, 0.15) is 0 Å². The minimum Gasteiger partial charge on any atom is -0.417 e. The van der Waals surface area contributed by atoms with E-state index >= 15 is 0 Å². The summed E-state index contributed by atoms with van der Waals surface area (Å²) in [7, 11) is -1.55. The van der Waals surface area contributed by atoms with Crippen LogP contribution in [0.1, 0.15) is 64.7 Å². The van der Waals surface area contributed by atoms with Gasteiger partial charge in [-0.2, -0.15) is 0 Å². The van der Waals surface area contributed by atoms with Crippen LogP contribution in [0.25, 0.3) is 0 Å². The Morgan fingerprint density at radius 1 is 0.923 bits per heavy atom. The minimum atomic E-state index is -1.55. The number of aliphatic hydroxyl groups excluding tert-OH is 2. The van der Waals surface area contributed by atoms with Gasteiger partial charge in [0.05, 0.1) is 12.2 Å². The van der Waals surface area contributed by atoms with Gasteiger partial charge < -0.3 is 14.6 Å². The van der Waals surface area contributed by atoms with Crippen LogP contribution in [0.15, 0.2) is 0 Å². The normalized spacial score (nSPS) is 51.5. The van der Waals surface area contributed by atoms with Gasteiger partial charge in [-0.1, -0.05) is 6.92 Å². The summed E-state index contributed by atoms with van der Waals surface area (Å²) >= 11 is 0. The molecule has 150 valence electrons. The van der Waals surface area contributed by atoms with Gasteiger partial charge in [0.25, 0.3) is 0 Å². The molecular formula is C22H40O3Si. The Kier molecular flexibility index (Phi) is 4.91. The molecule has 0 heterocycles. The Balaban J connectivity index is 1.63. The number of hydrogen-bond donors (Lipinski definition) is 2. The third-order valence-electron chi connectivity index (χ3n) is 9.06. The predicted octanol–water partition coefficient (Wildman–Crippen LogP) is 4.58. The molecule has 0 aromatic rings. The minimum absolute atomic E-state index is 0.0893. The van der Waals surface area contributed by atoms with E-state index in [1.54, 1.807) is 0 Å². The second-order valence-corrected chi connectivity index (χ2v) is 15.9. The Morgan fingerprint density at radius 2 is 1.69 bits per heavy atom. The van der Waals surface area contributed by atoms with E-state index in [1.807, 2.05) is 0 Å². The quantitative estimate of drug-likeness (QED) is 0.705. The number of rotatable bonds is 3. The topological polar surface area (TPSA) is 49.7 Å². The number of aliphatic hydroxyl groups is 2. The van der Waals surface area contributed by atoms with Gasteiger partial charge in [0, 0.05) is 6.61 Å². The zero-order chi connectivity index (χ0) is 18.7. The Morgan fingerprint density at radius 3 is 2.42 bits per heavy atom. The third kappa shape index (κ3) is 3.03. The molecule has 0 spiro atoms. The van der Waals surface area contributed by atoms with Crippen LogP contribution in [0.3, 0.4) is 0 Å². The van der Waals surface area contributed by atoms with Crippen molar-refractivity contribution in [3.63, 3.8) is 0 Å². The van der Waals surface area contributed by atoms with E-state index < -0.39 is 8.32 Å². The molecule has 4 heteroatoms. The lowest BCUT2D eigenvalue weighted by molar-refractivity contribution is -0.155. The SMILES string of the molecule is C[C@]12CC[C@H]3[C@@H](CC[C@H]4C[C@H](O)CC[C@@]43CO[Si](C)(C)C)[C@@H]1CC[C@@H]2O. The number of fused-ring (bicyclic) bond motifs is 5. The highest BCUT2D eigenvalue weighted by molar-refractivity contribution is 6.69. The molecule has 2 N–H and O–H groups in total. The van der Waals surface area contributed by atoms with Crippen molar-refractivity contribution in [2.45, 2.75) is 96.6 Å². The lowest BCUT2D eigenvalue weighted by Gasteiger charge is -2.61. The Labute approximate surface area is 161 Å². The van der Waals surface area contributed by atoms with Gasteiger partial charge in [-0.25, -0.2) is 0 Å². The first-order valence-corrected chi connectivity index (χ1v) is 14.6. The van der Waals surface area contributed by atoms with Crippen LogP contribution in [0.4, 0.5) is 0 Å². The predicted molar refractivity (Wildman–Crippen MR) is 107 cm³/mol. The molecule has 0 amide bonds. The van der Waals surface area contributed by atoms with E-state index in [0.717, 1.165) is 44.1 Å². The molecule has 4 aliphatic carbocycles. The Bertz CT molecular complexity index is 532. The highest BCUT2D eigenvalue weighted by atomic mass is 28.4. The van der Waals surface area contributed by atoms with Gasteiger partial charge in [0.15, 0.2) is 8.32 Å². The van der Waals surface area contributed by atoms with Crippen LogP contribution in [0.2, 0.25) is 19.6 Å². The molecule has 8 atom stereocenters. The van der Waals surface area contributed by atoms with Crippen LogP contribution < -0.4 is 0 Å². The van der Waals surface area contributed by atoms with E-state index in [1.165, 1.54) is 32.1 Å². The average molecular weight is 381 g/mol. The van der Waals surface area contributed by atoms with Crippen molar-refractivity contribution in [1.29, 1.82) is 0 Å². The molecule has 4 fully saturated rings. The van der Waals surface area contributed by atoms with Crippen molar-refractivity contribution in [3.8, 4) is 0 Å². The molecule has 3 nitrogen and oxygen atoms in total. The average Bonchev–Trinajstić information content (AvgIpc) is 2.88. The molecule has 0 bridgehead atoms. The summed E-state index contributed by atoms with van der Waals surface area (Å²) in [5, 5.41) is 21.0. The highest BCUT2D eigenvalue weighted by Crippen LogP contribution is 2.66. The van der Waals surface area contributed by atoms with Crippen molar-refractivity contribution < 1.29 is 14.6 Å². The molecule has 0 aromatic heterocycles. The summed E-state index contributed by atoms with van der Waals surface area (Å²) in [4.78, 5) is 0. The summed E-state index contributed by atoms with van der Waals surface area (Å²) in [5.41, 5.74) is 0.445. The monoisotopic (exact) mass is 380 g/mol. The smallest absolute Gasteiger partial charge is 0.183 e. The maximum atomic E-state index is 10.7. The fourth-order valence-electron chi connectivity index (χ4n) is 7.63. The summed E-state index contributed by atoms with van der Waals surface area (Å²) in [6.07, 6.45) is 10.1. The van der Waals surface area contributed by atoms with Crippen LogP contribution in [0, 0.1) is 34.5 Å². The standard InChI is InChI=1S/C22H40O3Si/c1-21-11-10-19-17(18(21)7-8-20(21)24)6-5-15-13-16(23)9-12-22(15,19)14-25-26(2,3)4/h15-20,23-24H,5-14H2,1-4H3/t15-,16+,17-,18-,19-,20-,21-,22+/m0/s1. The Hall–Kier alpha value is 0.0969. The van der Waals surface area contributed by atoms with Gasteiger partial charge in [-0.15, -0.1) is 0 Å². The fraction of sp³-hybridized carbons (Fsp3) is 1.00. The van der Waals surface area contributed by atoms with Crippen molar-refractivity contribution in [2.75, 3.05) is 6.61 Å². The van der Waals surface area contributed by atoms with Crippen LogP contribution in [-0.2, 0) is 4.43 Å². The van der Waals surface area contributed by atoms with Crippen molar-refractivity contribution >= 4 is 8.32 Å². The first-order valence-electron chi connectivity index (χ1n) is 11.2. The molecule has 4 aliphatic rings. The summed E-state index contributed by atoms with van der Waals surface area (Å²) in [6, 6.07) is 0. The lowest BCUT2D eigenvalue weighted by Crippen LogP contribution is -2.58. The molecule has 0 saturated heterocycles. The second-order valence-electron chi connectivity index (χ2n) is 11.4. The zero-order valence-electron chi connectivity index (χ0n) is 17.3. The van der Waals surface area contributed by atoms with E-state index in [0.29, 0.717) is 11.8 Å². The van der Waals surface area contributed by atoms with Crippen molar-refractivity contribution in [2.24, 2.45) is 34.5 Å². The van der Waals surface area contributed by atoms with Gasteiger partial charge >= 0.3 is 0 Å². The van der Waals surface area contributed by atoms with Gasteiger partial charge in [-0.05, 0) is 112 Å². The van der Waals surface area contributed by atoms with E-state index in [-0.39, 0.29) is 23.0 Å². The van der Waals surface area contributed by atoms with Gasteiger partial charge in [-0.3, -0.25) is 0 Å². The number of hydrogen-bond acceptors (Lipinski definition) is 3. The molecule has 0 aliphatic heterocycles. The van der Waals surface area contributed by atoms with Crippen LogP contribution in [-0.4, -0.2) is 37.3 Å². The highest BCUT2D eigenvalue weighted by Gasteiger charge is 2.61. The largest absolute Gasteiger partial charge is 0.417 e. The van der Waals surface area contributed by atoms with E-state index in [2.05, 4.69) is 26.6 Å². The lowest BCUT2D eigenvalue weighted by atomic mass is 9.44.